The number of hydrogen-bond donors (Lipinski definition) is 0. The Kier molecular flexibility index (Phi) is 2.72. The van der Waals surface area contributed by atoms with Crippen LogP contribution < -0.4 is 4.90 Å². The molecule has 0 unspecified atom stereocenters. The van der Waals surface area contributed by atoms with Crippen LogP contribution in [0.4, 0.5) is 5.69 Å². The van der Waals surface area contributed by atoms with Crippen molar-refractivity contribution in [2.24, 2.45) is 0 Å². The number of benzene rings is 1. The van der Waals surface area contributed by atoms with Gasteiger partial charge in [0.05, 0.1) is 23.8 Å². The van der Waals surface area contributed by atoms with Crippen LogP contribution >= 0.6 is 0 Å². The normalized spacial score (nSPS) is 10.3. The third-order valence-corrected chi connectivity index (χ3v) is 2.50. The Hall–Kier alpha value is -1.77. The predicted molar refractivity (Wildman–Crippen MR) is 62.5 cm³/mol. The average molecular weight is 201 g/mol. The van der Waals surface area contributed by atoms with Crippen LogP contribution in [0.5, 0.6) is 0 Å². The van der Waals surface area contributed by atoms with E-state index in [0.717, 1.165) is 17.9 Å². The summed E-state index contributed by atoms with van der Waals surface area (Å²) in [5, 5.41) is 4.33. The van der Waals surface area contributed by atoms with E-state index < -0.39 is 0 Å². The average Bonchev–Trinajstić information content (AvgIpc) is 2.78. The Balaban J connectivity index is 2.28. The van der Waals surface area contributed by atoms with Crippen molar-refractivity contribution in [1.29, 1.82) is 0 Å². The first-order valence-electron chi connectivity index (χ1n) is 5.12. The second-order valence-electron chi connectivity index (χ2n) is 3.49. The molecule has 0 bridgehead atoms. The number of aromatic nitrogens is 2. The van der Waals surface area contributed by atoms with Crippen LogP contribution in [-0.2, 0) is 0 Å². The fourth-order valence-electron chi connectivity index (χ4n) is 1.41. The molecule has 0 fully saturated rings. The first-order valence-corrected chi connectivity index (χ1v) is 5.12. The molecule has 0 aliphatic carbocycles. The van der Waals surface area contributed by atoms with E-state index in [1.54, 1.807) is 0 Å². The SMILES string of the molecule is CCN(C)c1cnn(-c2ccccc2)c1. The van der Waals surface area contributed by atoms with Gasteiger partial charge in [-0.2, -0.15) is 5.10 Å². The van der Waals surface area contributed by atoms with Gasteiger partial charge < -0.3 is 4.90 Å². The van der Waals surface area contributed by atoms with Crippen LogP contribution in [0.15, 0.2) is 42.7 Å². The van der Waals surface area contributed by atoms with Crippen molar-refractivity contribution in [1.82, 2.24) is 9.78 Å². The van der Waals surface area contributed by atoms with Crippen molar-refractivity contribution >= 4 is 5.69 Å². The maximum Gasteiger partial charge on any atom is 0.0754 e. The zero-order chi connectivity index (χ0) is 10.7. The van der Waals surface area contributed by atoms with Gasteiger partial charge in [0.25, 0.3) is 0 Å². The monoisotopic (exact) mass is 201 g/mol. The van der Waals surface area contributed by atoms with Gasteiger partial charge in [-0.25, -0.2) is 4.68 Å². The Morgan fingerprint density at radius 3 is 2.67 bits per heavy atom. The molecule has 2 aromatic rings. The number of rotatable bonds is 3. The highest BCUT2D eigenvalue weighted by molar-refractivity contribution is 5.44. The van der Waals surface area contributed by atoms with E-state index in [1.807, 2.05) is 47.4 Å². The van der Waals surface area contributed by atoms with Crippen molar-refractivity contribution in [3.05, 3.63) is 42.7 Å². The Bertz CT molecular complexity index is 419. The number of hydrogen-bond acceptors (Lipinski definition) is 2. The van der Waals surface area contributed by atoms with Gasteiger partial charge in [0.2, 0.25) is 0 Å². The topological polar surface area (TPSA) is 21.1 Å². The molecule has 0 radical (unpaired) electrons. The molecule has 0 saturated heterocycles. The molecule has 0 aliphatic rings. The summed E-state index contributed by atoms with van der Waals surface area (Å²) in [4.78, 5) is 2.16. The van der Waals surface area contributed by atoms with Gasteiger partial charge >= 0.3 is 0 Å². The first-order chi connectivity index (χ1) is 7.31. The van der Waals surface area contributed by atoms with E-state index in [-0.39, 0.29) is 0 Å². The van der Waals surface area contributed by atoms with Crippen LogP contribution in [0.2, 0.25) is 0 Å². The second kappa shape index (κ2) is 4.17. The first kappa shape index (κ1) is 9.77. The molecular weight excluding hydrogens is 186 g/mol. The lowest BCUT2D eigenvalue weighted by atomic mass is 10.3. The molecule has 0 amide bonds. The molecule has 2 rings (SSSR count). The molecule has 3 nitrogen and oxygen atoms in total. The van der Waals surface area contributed by atoms with Crippen LogP contribution in [0.25, 0.3) is 5.69 Å². The fraction of sp³-hybridized carbons (Fsp3) is 0.250. The molecule has 1 aromatic carbocycles. The van der Waals surface area contributed by atoms with E-state index in [9.17, 15) is 0 Å². The number of anilines is 1. The van der Waals surface area contributed by atoms with Crippen LogP contribution in [0, 0.1) is 0 Å². The zero-order valence-corrected chi connectivity index (χ0v) is 9.09. The molecule has 0 spiro atoms. The summed E-state index contributed by atoms with van der Waals surface area (Å²) in [5.74, 6) is 0. The summed E-state index contributed by atoms with van der Waals surface area (Å²) in [7, 11) is 2.06. The molecule has 0 aliphatic heterocycles. The molecule has 0 atom stereocenters. The summed E-state index contributed by atoms with van der Waals surface area (Å²) in [6.07, 6.45) is 3.93. The molecular formula is C12H15N3. The van der Waals surface area contributed by atoms with Crippen LogP contribution in [0.1, 0.15) is 6.92 Å². The van der Waals surface area contributed by atoms with E-state index >= 15 is 0 Å². The maximum atomic E-state index is 4.33. The maximum absolute atomic E-state index is 4.33. The smallest absolute Gasteiger partial charge is 0.0754 e. The van der Waals surface area contributed by atoms with E-state index in [0.29, 0.717) is 0 Å². The summed E-state index contributed by atoms with van der Waals surface area (Å²) in [5.41, 5.74) is 2.23. The quantitative estimate of drug-likeness (QED) is 0.760. The van der Waals surface area contributed by atoms with Gasteiger partial charge in [0.15, 0.2) is 0 Å². The Morgan fingerprint density at radius 2 is 2.00 bits per heavy atom. The van der Waals surface area contributed by atoms with Crippen molar-refractivity contribution in [2.75, 3.05) is 18.5 Å². The van der Waals surface area contributed by atoms with Crippen molar-refractivity contribution in [3.63, 3.8) is 0 Å². The summed E-state index contributed by atoms with van der Waals surface area (Å²) in [6, 6.07) is 10.1. The summed E-state index contributed by atoms with van der Waals surface area (Å²) >= 11 is 0. The van der Waals surface area contributed by atoms with Gasteiger partial charge in [-0.15, -0.1) is 0 Å². The minimum atomic E-state index is 0.987. The highest BCUT2D eigenvalue weighted by atomic mass is 15.3. The highest BCUT2D eigenvalue weighted by Gasteiger charge is 2.02. The third kappa shape index (κ3) is 2.01. The minimum absolute atomic E-state index is 0.987. The lowest BCUT2D eigenvalue weighted by Crippen LogP contribution is -2.14. The molecule has 1 aromatic heterocycles. The van der Waals surface area contributed by atoms with Gasteiger partial charge in [-0.05, 0) is 19.1 Å². The Labute approximate surface area is 90.0 Å². The molecule has 1 heterocycles. The van der Waals surface area contributed by atoms with Crippen LogP contribution in [-0.4, -0.2) is 23.4 Å². The molecule has 78 valence electrons. The molecule has 3 heteroatoms. The largest absolute Gasteiger partial charge is 0.372 e. The lowest BCUT2D eigenvalue weighted by Gasteiger charge is -2.12. The minimum Gasteiger partial charge on any atom is -0.372 e. The number of para-hydroxylation sites is 1. The van der Waals surface area contributed by atoms with Gasteiger partial charge in [0.1, 0.15) is 0 Å². The summed E-state index contributed by atoms with van der Waals surface area (Å²) < 4.78 is 1.89. The van der Waals surface area contributed by atoms with E-state index in [2.05, 4.69) is 24.0 Å². The molecule has 15 heavy (non-hydrogen) atoms. The van der Waals surface area contributed by atoms with Crippen molar-refractivity contribution in [3.8, 4) is 5.69 Å². The van der Waals surface area contributed by atoms with Crippen molar-refractivity contribution in [2.45, 2.75) is 6.92 Å². The predicted octanol–water partition coefficient (Wildman–Crippen LogP) is 2.33. The zero-order valence-electron chi connectivity index (χ0n) is 9.09. The highest BCUT2D eigenvalue weighted by Crippen LogP contribution is 2.13. The summed E-state index contributed by atoms with van der Waals surface area (Å²) in [6.45, 7) is 3.11. The fourth-order valence-corrected chi connectivity index (χ4v) is 1.41. The third-order valence-electron chi connectivity index (χ3n) is 2.50. The van der Waals surface area contributed by atoms with E-state index in [1.165, 1.54) is 0 Å². The number of nitrogens with zero attached hydrogens (tertiary/aromatic N) is 3. The lowest BCUT2D eigenvalue weighted by molar-refractivity contribution is 0.880. The van der Waals surface area contributed by atoms with Crippen LogP contribution in [0.3, 0.4) is 0 Å². The van der Waals surface area contributed by atoms with Gasteiger partial charge in [-0.3, -0.25) is 0 Å². The van der Waals surface area contributed by atoms with E-state index in [4.69, 9.17) is 0 Å². The standard InChI is InChI=1S/C12H15N3/c1-3-14(2)12-9-13-15(10-12)11-7-5-4-6-8-11/h4-10H,3H2,1-2H3. The van der Waals surface area contributed by atoms with Crippen molar-refractivity contribution < 1.29 is 0 Å². The molecule has 0 saturated carbocycles. The van der Waals surface area contributed by atoms with Gasteiger partial charge in [-0.1, -0.05) is 18.2 Å². The molecule has 0 N–H and O–H groups in total. The van der Waals surface area contributed by atoms with Gasteiger partial charge in [0, 0.05) is 13.6 Å². The Morgan fingerprint density at radius 1 is 1.27 bits per heavy atom. The second-order valence-corrected chi connectivity index (χ2v) is 3.49.